The van der Waals surface area contributed by atoms with Gasteiger partial charge in [0.1, 0.15) is 11.5 Å². The fourth-order valence-corrected chi connectivity index (χ4v) is 4.54. The van der Waals surface area contributed by atoms with Crippen LogP contribution in [0.3, 0.4) is 0 Å². The molecule has 38 heavy (non-hydrogen) atoms. The molecule has 0 saturated carbocycles. The van der Waals surface area contributed by atoms with Crippen molar-refractivity contribution in [2.45, 2.75) is 23.5 Å². The maximum absolute atomic E-state index is 13.0. The number of ether oxygens (including phenoxy) is 1. The molecule has 4 aromatic carbocycles. The highest BCUT2D eigenvalue weighted by Crippen LogP contribution is 2.29. The predicted molar refractivity (Wildman–Crippen MR) is 149 cm³/mol. The van der Waals surface area contributed by atoms with Crippen molar-refractivity contribution in [3.8, 4) is 11.5 Å². The maximum Gasteiger partial charge on any atom is 0.269 e. The van der Waals surface area contributed by atoms with E-state index < -0.39 is 4.92 Å². The number of para-hydroxylation sites is 1. The molecule has 0 radical (unpaired) electrons. The Bertz CT molecular complexity index is 1410. The quantitative estimate of drug-likeness (QED) is 0.129. The molecule has 4 aromatic rings. The first-order valence-electron chi connectivity index (χ1n) is 11.9. The van der Waals surface area contributed by atoms with Crippen LogP contribution in [-0.4, -0.2) is 22.0 Å². The van der Waals surface area contributed by atoms with Crippen molar-refractivity contribution >= 4 is 40.6 Å². The van der Waals surface area contributed by atoms with E-state index in [1.807, 2.05) is 43.3 Å². The van der Waals surface area contributed by atoms with Crippen molar-refractivity contribution in [3.63, 3.8) is 0 Å². The van der Waals surface area contributed by atoms with Crippen molar-refractivity contribution in [3.05, 3.63) is 119 Å². The van der Waals surface area contributed by atoms with E-state index in [2.05, 4.69) is 10.6 Å². The molecule has 1 atom stereocenters. The Labute approximate surface area is 224 Å². The minimum atomic E-state index is -0.516. The molecule has 0 heterocycles. The summed E-state index contributed by atoms with van der Waals surface area (Å²) in [5.41, 5.74) is 1.45. The van der Waals surface area contributed by atoms with Gasteiger partial charge >= 0.3 is 0 Å². The number of rotatable bonds is 10. The van der Waals surface area contributed by atoms with Gasteiger partial charge in [0.25, 0.3) is 11.6 Å². The summed E-state index contributed by atoms with van der Waals surface area (Å²) in [6.45, 7) is 1.94. The van der Waals surface area contributed by atoms with Crippen LogP contribution in [0.1, 0.15) is 23.7 Å². The van der Waals surface area contributed by atoms with Gasteiger partial charge in [-0.15, -0.1) is 11.8 Å². The zero-order chi connectivity index (χ0) is 26.9. The second-order valence-electron chi connectivity index (χ2n) is 8.23. The molecule has 4 rings (SSSR count). The van der Waals surface area contributed by atoms with Gasteiger partial charge in [-0.05, 0) is 73.2 Å². The number of amides is 2. The summed E-state index contributed by atoms with van der Waals surface area (Å²) >= 11 is 1.40. The van der Waals surface area contributed by atoms with Gasteiger partial charge in [-0.25, -0.2) is 0 Å². The van der Waals surface area contributed by atoms with Crippen LogP contribution in [0.2, 0.25) is 0 Å². The van der Waals surface area contributed by atoms with E-state index in [-0.39, 0.29) is 22.8 Å². The van der Waals surface area contributed by atoms with Crippen LogP contribution in [0.25, 0.3) is 0 Å². The van der Waals surface area contributed by atoms with E-state index in [0.717, 1.165) is 10.6 Å². The SMILES string of the molecule is CCC(Sc1cccc(NC(=O)c2ccc([N+](=O)[O-])cc2)c1)C(=O)Nc1ccc(Oc2ccccc2)cc1. The van der Waals surface area contributed by atoms with Crippen molar-refractivity contribution in [1.82, 2.24) is 0 Å². The molecule has 8 nitrogen and oxygen atoms in total. The summed E-state index contributed by atoms with van der Waals surface area (Å²) in [7, 11) is 0. The summed E-state index contributed by atoms with van der Waals surface area (Å²) in [5.74, 6) is 0.891. The molecule has 0 aromatic heterocycles. The zero-order valence-corrected chi connectivity index (χ0v) is 21.3. The van der Waals surface area contributed by atoms with Crippen molar-refractivity contribution in [2.75, 3.05) is 10.6 Å². The topological polar surface area (TPSA) is 111 Å². The summed E-state index contributed by atoms with van der Waals surface area (Å²) in [6, 6.07) is 29.2. The Morgan fingerprint density at radius 1 is 0.842 bits per heavy atom. The minimum Gasteiger partial charge on any atom is -0.457 e. The van der Waals surface area contributed by atoms with Crippen LogP contribution in [0.5, 0.6) is 11.5 Å². The molecule has 0 aliphatic heterocycles. The first-order valence-corrected chi connectivity index (χ1v) is 12.8. The number of anilines is 2. The average molecular weight is 528 g/mol. The molecule has 2 N–H and O–H groups in total. The summed E-state index contributed by atoms with van der Waals surface area (Å²) in [5, 5.41) is 16.2. The maximum atomic E-state index is 13.0. The third kappa shape index (κ3) is 7.21. The Morgan fingerprint density at radius 2 is 1.53 bits per heavy atom. The number of hydrogen-bond donors (Lipinski definition) is 2. The van der Waals surface area contributed by atoms with Gasteiger partial charge in [0.05, 0.1) is 10.2 Å². The lowest BCUT2D eigenvalue weighted by molar-refractivity contribution is -0.384. The zero-order valence-electron chi connectivity index (χ0n) is 20.5. The minimum absolute atomic E-state index is 0.0831. The number of thioether (sulfide) groups is 1. The molecule has 2 amide bonds. The molecule has 0 spiro atoms. The van der Waals surface area contributed by atoms with Crippen LogP contribution in [0.4, 0.5) is 17.1 Å². The van der Waals surface area contributed by atoms with E-state index in [1.165, 1.54) is 36.0 Å². The molecular weight excluding hydrogens is 502 g/mol. The number of non-ortho nitro benzene ring substituents is 1. The lowest BCUT2D eigenvalue weighted by atomic mass is 10.2. The highest BCUT2D eigenvalue weighted by Gasteiger charge is 2.19. The Hall–Kier alpha value is -4.63. The molecule has 1 unspecified atom stereocenters. The third-order valence-corrected chi connectivity index (χ3v) is 6.83. The van der Waals surface area contributed by atoms with Gasteiger partial charge < -0.3 is 15.4 Å². The van der Waals surface area contributed by atoms with Crippen LogP contribution in [0, 0.1) is 10.1 Å². The van der Waals surface area contributed by atoms with Crippen LogP contribution in [-0.2, 0) is 4.79 Å². The smallest absolute Gasteiger partial charge is 0.269 e. The van der Waals surface area contributed by atoms with E-state index in [0.29, 0.717) is 29.1 Å². The number of nitrogens with zero attached hydrogens (tertiary/aromatic N) is 1. The molecule has 0 aliphatic rings. The monoisotopic (exact) mass is 527 g/mol. The number of nitro groups is 1. The number of benzene rings is 4. The summed E-state index contributed by atoms with van der Waals surface area (Å²) in [4.78, 5) is 36.6. The molecule has 9 heteroatoms. The van der Waals surface area contributed by atoms with Crippen molar-refractivity contribution in [2.24, 2.45) is 0 Å². The molecule has 0 saturated heterocycles. The van der Waals surface area contributed by atoms with Crippen LogP contribution >= 0.6 is 11.8 Å². The fourth-order valence-electron chi connectivity index (χ4n) is 3.53. The summed E-state index contributed by atoms with van der Waals surface area (Å²) < 4.78 is 5.79. The first kappa shape index (κ1) is 26.4. The Balaban J connectivity index is 1.35. The molecule has 0 bridgehead atoms. The van der Waals surface area contributed by atoms with Gasteiger partial charge in [-0.2, -0.15) is 0 Å². The second-order valence-corrected chi connectivity index (χ2v) is 9.51. The highest BCUT2D eigenvalue weighted by molar-refractivity contribution is 8.00. The van der Waals surface area contributed by atoms with Gasteiger partial charge in [0.2, 0.25) is 5.91 Å². The van der Waals surface area contributed by atoms with Crippen molar-refractivity contribution < 1.29 is 19.2 Å². The average Bonchev–Trinajstić information content (AvgIpc) is 2.93. The van der Waals surface area contributed by atoms with Gasteiger partial charge in [0.15, 0.2) is 0 Å². The Kier molecular flexibility index (Phi) is 8.73. The predicted octanol–water partition coefficient (Wildman–Crippen LogP) is 7.15. The van der Waals surface area contributed by atoms with Crippen molar-refractivity contribution in [1.29, 1.82) is 0 Å². The standard InChI is InChI=1S/C29H25N3O5S/c1-2-27(29(34)30-21-13-17-25(18-14-21)37-24-8-4-3-5-9-24)38-26-10-6-7-22(19-26)31-28(33)20-11-15-23(16-12-20)32(35)36/h3-19,27H,2H2,1H3,(H,30,34)(H,31,33). The van der Waals surface area contributed by atoms with E-state index in [9.17, 15) is 19.7 Å². The fraction of sp³-hybridized carbons (Fsp3) is 0.103. The number of carbonyl (C=O) groups is 2. The van der Waals surface area contributed by atoms with Gasteiger partial charge in [-0.3, -0.25) is 19.7 Å². The lowest BCUT2D eigenvalue weighted by Gasteiger charge is -2.16. The second kappa shape index (κ2) is 12.6. The highest BCUT2D eigenvalue weighted by atomic mass is 32.2. The third-order valence-electron chi connectivity index (χ3n) is 5.47. The van der Waals surface area contributed by atoms with E-state index in [4.69, 9.17) is 4.74 Å². The largest absolute Gasteiger partial charge is 0.457 e. The number of nitrogens with one attached hydrogen (secondary N) is 2. The van der Waals surface area contributed by atoms with Crippen LogP contribution in [0.15, 0.2) is 108 Å². The Morgan fingerprint density at radius 3 is 2.18 bits per heavy atom. The number of carbonyl (C=O) groups excluding carboxylic acids is 2. The normalized spacial score (nSPS) is 11.3. The first-order chi connectivity index (χ1) is 18.4. The van der Waals surface area contributed by atoms with E-state index in [1.54, 1.807) is 42.5 Å². The number of nitro benzene ring substituents is 1. The van der Waals surface area contributed by atoms with Crippen LogP contribution < -0.4 is 15.4 Å². The summed E-state index contributed by atoms with van der Waals surface area (Å²) in [6.07, 6.45) is 0.602. The molecule has 0 aliphatic carbocycles. The van der Waals surface area contributed by atoms with Gasteiger partial charge in [0, 0.05) is 34.0 Å². The molecule has 192 valence electrons. The lowest BCUT2D eigenvalue weighted by Crippen LogP contribution is -2.24. The number of hydrogen-bond acceptors (Lipinski definition) is 6. The molecule has 0 fully saturated rings. The van der Waals surface area contributed by atoms with Gasteiger partial charge in [-0.1, -0.05) is 31.2 Å². The van der Waals surface area contributed by atoms with E-state index >= 15 is 0 Å². The molecular formula is C29H25N3O5S.